The molecule has 0 saturated carbocycles. The average Bonchev–Trinajstić information content (AvgIpc) is 3.05. The summed E-state index contributed by atoms with van der Waals surface area (Å²) >= 11 is 13.8. The van der Waals surface area contributed by atoms with Crippen molar-refractivity contribution in [3.8, 4) is 0 Å². The second kappa shape index (κ2) is 5.87. The number of fused-ring (bicyclic) bond motifs is 1. The van der Waals surface area contributed by atoms with Crippen LogP contribution in [0.5, 0.6) is 0 Å². The van der Waals surface area contributed by atoms with E-state index in [-0.39, 0.29) is 6.04 Å². The van der Waals surface area contributed by atoms with Crippen LogP contribution in [-0.4, -0.2) is 16.4 Å². The molecule has 0 amide bonds. The number of alkyl halides is 1. The van der Waals surface area contributed by atoms with Crippen molar-refractivity contribution in [3.05, 3.63) is 52.1 Å². The zero-order valence-electron chi connectivity index (χ0n) is 11.8. The molecule has 0 saturated heterocycles. The van der Waals surface area contributed by atoms with Gasteiger partial charge in [0.25, 0.3) is 0 Å². The van der Waals surface area contributed by atoms with E-state index in [1.165, 1.54) is 0 Å². The second-order valence-electron chi connectivity index (χ2n) is 4.91. The zero-order chi connectivity index (χ0) is 15.0. The first kappa shape index (κ1) is 14.7. The number of imidazole rings is 1. The lowest BCUT2D eigenvalue weighted by Crippen LogP contribution is -2.23. The topological polar surface area (TPSA) is 20.5 Å². The van der Waals surface area contributed by atoms with Crippen molar-refractivity contribution >= 4 is 45.3 Å². The van der Waals surface area contributed by atoms with E-state index >= 15 is 0 Å². The van der Waals surface area contributed by atoms with Gasteiger partial charge >= 0.3 is 0 Å². The number of benzene rings is 1. The van der Waals surface area contributed by atoms with Crippen LogP contribution in [-0.2, 0) is 5.88 Å². The zero-order valence-corrected chi connectivity index (χ0v) is 14.1. The van der Waals surface area contributed by atoms with Crippen LogP contribution in [0, 0.1) is 0 Å². The molecular weight excluding hydrogens is 325 g/mol. The summed E-state index contributed by atoms with van der Waals surface area (Å²) in [6.45, 7) is 2.14. The minimum atomic E-state index is 0.162. The van der Waals surface area contributed by atoms with Crippen molar-refractivity contribution in [1.29, 1.82) is 0 Å². The quantitative estimate of drug-likeness (QED) is 0.624. The molecule has 0 aliphatic heterocycles. The third-order valence-electron chi connectivity index (χ3n) is 3.71. The molecule has 0 N–H and O–H groups in total. The second-order valence-corrected chi connectivity index (χ2v) is 6.49. The normalized spacial score (nSPS) is 12.8. The van der Waals surface area contributed by atoms with E-state index in [4.69, 9.17) is 28.2 Å². The van der Waals surface area contributed by atoms with Gasteiger partial charge in [-0.25, -0.2) is 4.98 Å². The Morgan fingerprint density at radius 1 is 1.43 bits per heavy atom. The molecule has 3 rings (SSSR count). The Kier molecular flexibility index (Phi) is 4.11. The molecule has 0 fully saturated rings. The van der Waals surface area contributed by atoms with Gasteiger partial charge in [-0.15, -0.1) is 22.9 Å². The molecule has 6 heteroatoms. The Balaban J connectivity index is 1.99. The summed E-state index contributed by atoms with van der Waals surface area (Å²) < 4.78 is 2.05. The Labute approximate surface area is 137 Å². The predicted octanol–water partition coefficient (Wildman–Crippen LogP) is 4.99. The lowest BCUT2D eigenvalue weighted by Gasteiger charge is -2.26. The fourth-order valence-electron chi connectivity index (χ4n) is 2.40. The SMILES string of the molecule is CC(c1cccc(Cl)c1)N(C)c1nc2sccn2c1CCl. The average molecular weight is 340 g/mol. The minimum absolute atomic E-state index is 0.162. The maximum absolute atomic E-state index is 6.13. The number of aromatic nitrogens is 2. The Bertz CT molecular complexity index is 765. The summed E-state index contributed by atoms with van der Waals surface area (Å²) in [5.41, 5.74) is 2.17. The Morgan fingerprint density at radius 2 is 2.24 bits per heavy atom. The van der Waals surface area contributed by atoms with Gasteiger partial charge in [0.15, 0.2) is 10.8 Å². The minimum Gasteiger partial charge on any atom is -0.351 e. The number of anilines is 1. The summed E-state index contributed by atoms with van der Waals surface area (Å²) in [7, 11) is 2.04. The van der Waals surface area contributed by atoms with Crippen LogP contribution in [0.1, 0.15) is 24.2 Å². The molecule has 3 aromatic rings. The van der Waals surface area contributed by atoms with Gasteiger partial charge < -0.3 is 4.90 Å². The molecule has 1 aromatic carbocycles. The lowest BCUT2D eigenvalue weighted by atomic mass is 10.1. The maximum Gasteiger partial charge on any atom is 0.195 e. The van der Waals surface area contributed by atoms with Crippen LogP contribution >= 0.6 is 34.5 Å². The number of hydrogen-bond donors (Lipinski definition) is 0. The standard InChI is InChI=1S/C15H15Cl2N3S/c1-10(11-4-3-5-12(17)8-11)19(2)14-13(9-16)20-6-7-21-15(20)18-14/h3-8,10H,9H2,1-2H3. The summed E-state index contributed by atoms with van der Waals surface area (Å²) in [6.07, 6.45) is 2.01. The molecule has 0 spiro atoms. The molecule has 2 aromatic heterocycles. The molecule has 0 aliphatic carbocycles. The van der Waals surface area contributed by atoms with Gasteiger partial charge in [0, 0.05) is 23.6 Å². The first-order valence-corrected chi connectivity index (χ1v) is 8.39. The highest BCUT2D eigenvalue weighted by molar-refractivity contribution is 7.15. The molecule has 1 unspecified atom stereocenters. The number of rotatable bonds is 4. The van der Waals surface area contributed by atoms with Crippen LogP contribution < -0.4 is 4.90 Å². The number of nitrogens with zero attached hydrogens (tertiary/aromatic N) is 3. The van der Waals surface area contributed by atoms with Gasteiger partial charge in [0.1, 0.15) is 0 Å². The van der Waals surface area contributed by atoms with Crippen LogP contribution in [0.4, 0.5) is 5.82 Å². The van der Waals surface area contributed by atoms with E-state index in [0.717, 1.165) is 27.1 Å². The first-order valence-electron chi connectivity index (χ1n) is 6.60. The van der Waals surface area contributed by atoms with Gasteiger partial charge in [0.05, 0.1) is 17.6 Å². The first-order chi connectivity index (χ1) is 10.1. The Hall–Kier alpha value is -1.23. The molecular formula is C15H15Cl2N3S. The molecule has 3 nitrogen and oxygen atoms in total. The fraction of sp³-hybridized carbons (Fsp3) is 0.267. The smallest absolute Gasteiger partial charge is 0.195 e. The van der Waals surface area contributed by atoms with E-state index < -0.39 is 0 Å². The number of hydrogen-bond acceptors (Lipinski definition) is 3. The third kappa shape index (κ3) is 2.63. The predicted molar refractivity (Wildman–Crippen MR) is 90.9 cm³/mol. The maximum atomic E-state index is 6.13. The van der Waals surface area contributed by atoms with Gasteiger partial charge in [-0.2, -0.15) is 0 Å². The van der Waals surface area contributed by atoms with Crippen LogP contribution in [0.3, 0.4) is 0 Å². The molecule has 2 heterocycles. The van der Waals surface area contributed by atoms with E-state index in [2.05, 4.69) is 17.9 Å². The van der Waals surface area contributed by atoms with Crippen molar-refractivity contribution in [2.24, 2.45) is 0 Å². The molecule has 0 aliphatic rings. The molecule has 1 atom stereocenters. The lowest BCUT2D eigenvalue weighted by molar-refractivity contribution is 0.728. The van der Waals surface area contributed by atoms with Crippen LogP contribution in [0.25, 0.3) is 4.96 Å². The van der Waals surface area contributed by atoms with E-state index in [1.54, 1.807) is 11.3 Å². The van der Waals surface area contributed by atoms with Crippen molar-refractivity contribution in [1.82, 2.24) is 9.38 Å². The van der Waals surface area contributed by atoms with Crippen molar-refractivity contribution in [2.75, 3.05) is 11.9 Å². The van der Waals surface area contributed by atoms with Crippen molar-refractivity contribution in [2.45, 2.75) is 18.8 Å². The van der Waals surface area contributed by atoms with Crippen molar-refractivity contribution < 1.29 is 0 Å². The highest BCUT2D eigenvalue weighted by Gasteiger charge is 2.20. The van der Waals surface area contributed by atoms with Crippen LogP contribution in [0.15, 0.2) is 35.8 Å². The molecule has 21 heavy (non-hydrogen) atoms. The summed E-state index contributed by atoms with van der Waals surface area (Å²) in [5.74, 6) is 1.35. The van der Waals surface area contributed by atoms with E-state index in [9.17, 15) is 0 Å². The van der Waals surface area contributed by atoms with Crippen molar-refractivity contribution in [3.63, 3.8) is 0 Å². The summed E-state index contributed by atoms with van der Waals surface area (Å²) in [6, 6.07) is 8.08. The Morgan fingerprint density at radius 3 is 2.95 bits per heavy atom. The van der Waals surface area contributed by atoms with E-state index in [1.807, 2.05) is 41.2 Å². The third-order valence-corrected chi connectivity index (χ3v) is 4.96. The van der Waals surface area contributed by atoms with Gasteiger partial charge in [-0.05, 0) is 24.6 Å². The fourth-order valence-corrected chi connectivity index (χ4v) is 3.58. The number of halogens is 2. The molecule has 110 valence electrons. The highest BCUT2D eigenvalue weighted by Crippen LogP contribution is 2.31. The van der Waals surface area contributed by atoms with E-state index in [0.29, 0.717) is 5.88 Å². The van der Waals surface area contributed by atoms with Crippen LogP contribution in [0.2, 0.25) is 5.02 Å². The van der Waals surface area contributed by atoms with Gasteiger partial charge in [-0.3, -0.25) is 4.40 Å². The monoisotopic (exact) mass is 339 g/mol. The highest BCUT2D eigenvalue weighted by atomic mass is 35.5. The summed E-state index contributed by atoms with van der Waals surface area (Å²) in [4.78, 5) is 7.81. The number of thiazole rings is 1. The largest absolute Gasteiger partial charge is 0.351 e. The van der Waals surface area contributed by atoms with Gasteiger partial charge in [-0.1, -0.05) is 23.7 Å². The van der Waals surface area contributed by atoms with Gasteiger partial charge in [0.2, 0.25) is 0 Å². The molecule has 0 bridgehead atoms. The molecule has 0 radical (unpaired) electrons. The summed E-state index contributed by atoms with van der Waals surface area (Å²) in [5, 5.41) is 2.76.